The third-order valence-corrected chi connectivity index (χ3v) is 6.84. The maximum absolute atomic E-state index is 12.3. The number of ether oxygens (including phenoxy) is 2. The van der Waals surface area contributed by atoms with Gasteiger partial charge in [0, 0.05) is 38.3 Å². The molecule has 0 amide bonds. The summed E-state index contributed by atoms with van der Waals surface area (Å²) in [5.74, 6) is 1.85. The Kier molecular flexibility index (Phi) is 9.60. The molecule has 0 unspecified atom stereocenters. The first-order chi connectivity index (χ1) is 20.9. The number of anilines is 1. The molecule has 9 nitrogen and oxygen atoms in total. The number of nitrogens with one attached hydrogen (secondary N) is 1. The van der Waals surface area contributed by atoms with Crippen LogP contribution in [0.25, 0.3) is 22.2 Å². The van der Waals surface area contributed by atoms with Gasteiger partial charge in [-0.05, 0) is 69.0 Å². The third-order valence-electron chi connectivity index (χ3n) is 6.84. The molecule has 0 saturated carbocycles. The predicted molar refractivity (Wildman–Crippen MR) is 172 cm³/mol. The number of hydrogen-bond acceptors (Lipinski definition) is 8. The van der Waals surface area contributed by atoms with Crippen LogP contribution in [0.1, 0.15) is 51.1 Å². The van der Waals surface area contributed by atoms with Gasteiger partial charge in [-0.1, -0.05) is 49.4 Å². The first kappa shape index (κ1) is 31.7. The maximum atomic E-state index is 12.3. The van der Waals surface area contributed by atoms with Gasteiger partial charge in [-0.25, -0.2) is 9.78 Å². The molecule has 1 N–H and O–H groups in total. The van der Waals surface area contributed by atoms with Gasteiger partial charge in [0.2, 0.25) is 0 Å². The van der Waals surface area contributed by atoms with Gasteiger partial charge in [0.05, 0.1) is 11.0 Å². The molecule has 4 rings (SSSR count). The molecule has 0 atom stereocenters. The molecule has 226 valence electrons. The minimum Gasteiger partial charge on any atom is -0.428 e. The molecule has 1 heterocycles. The van der Waals surface area contributed by atoms with E-state index in [1.807, 2.05) is 61.5 Å². The molecule has 4 aromatic rings. The van der Waals surface area contributed by atoms with Crippen molar-refractivity contribution in [2.75, 3.05) is 19.4 Å². The van der Waals surface area contributed by atoms with Gasteiger partial charge in [-0.2, -0.15) is 10.5 Å². The summed E-state index contributed by atoms with van der Waals surface area (Å²) in [5, 5.41) is 22.2. The van der Waals surface area contributed by atoms with Gasteiger partial charge < -0.3 is 24.3 Å². The van der Waals surface area contributed by atoms with Crippen molar-refractivity contribution in [2.45, 2.75) is 59.6 Å². The van der Waals surface area contributed by atoms with Gasteiger partial charge >= 0.3 is 6.16 Å². The Hall–Kier alpha value is -5.28. The second-order valence-corrected chi connectivity index (χ2v) is 11.8. The molecule has 0 radical (unpaired) electrons. The molecule has 0 bridgehead atoms. The number of allylic oxidation sites excluding steroid dienone is 1. The summed E-state index contributed by atoms with van der Waals surface area (Å²) in [7, 11) is 3.58. The highest BCUT2D eigenvalue weighted by Gasteiger charge is 2.20. The van der Waals surface area contributed by atoms with E-state index in [4.69, 9.17) is 14.5 Å². The molecule has 0 saturated heterocycles. The van der Waals surface area contributed by atoms with Crippen LogP contribution in [-0.4, -0.2) is 40.3 Å². The molecule has 9 heteroatoms. The van der Waals surface area contributed by atoms with Gasteiger partial charge in [-0.15, -0.1) is 0 Å². The van der Waals surface area contributed by atoms with Gasteiger partial charge in [0.15, 0.2) is 5.57 Å². The van der Waals surface area contributed by atoms with Crippen molar-refractivity contribution in [3.05, 3.63) is 89.0 Å². The summed E-state index contributed by atoms with van der Waals surface area (Å²) in [5.41, 5.74) is 5.77. The van der Waals surface area contributed by atoms with E-state index >= 15 is 0 Å². The Labute approximate surface area is 258 Å². The summed E-state index contributed by atoms with van der Waals surface area (Å²) in [6.07, 6.45) is 1.02. The van der Waals surface area contributed by atoms with E-state index in [0.29, 0.717) is 18.1 Å². The first-order valence-electron chi connectivity index (χ1n) is 14.5. The average Bonchev–Trinajstić information content (AvgIpc) is 3.30. The Morgan fingerprint density at radius 3 is 2.34 bits per heavy atom. The fourth-order valence-corrected chi connectivity index (χ4v) is 4.90. The van der Waals surface area contributed by atoms with Crippen molar-refractivity contribution in [2.24, 2.45) is 0 Å². The van der Waals surface area contributed by atoms with Gasteiger partial charge in [0.1, 0.15) is 35.1 Å². The monoisotopic (exact) mass is 590 g/mol. The van der Waals surface area contributed by atoms with E-state index in [1.54, 1.807) is 45.8 Å². The molecule has 0 aliphatic rings. The smallest absolute Gasteiger partial charge is 0.428 e. The third kappa shape index (κ3) is 7.37. The zero-order valence-electron chi connectivity index (χ0n) is 26.4. The number of nitriles is 2. The Bertz CT molecular complexity index is 1760. The highest BCUT2D eigenvalue weighted by Crippen LogP contribution is 2.32. The van der Waals surface area contributed by atoms with Crippen LogP contribution >= 0.6 is 0 Å². The maximum Gasteiger partial charge on any atom is 0.514 e. The number of fused-ring (bicyclic) bond motifs is 1. The summed E-state index contributed by atoms with van der Waals surface area (Å²) in [6.45, 7) is 10.1. The van der Waals surface area contributed by atoms with Gasteiger partial charge in [0.25, 0.3) is 0 Å². The number of benzene rings is 3. The van der Waals surface area contributed by atoms with E-state index in [-0.39, 0.29) is 5.57 Å². The standard InChI is InChI=1S/C35H38N6O3/c1-8-11-31-39-32-23(2)18-27(38-33(40(6)7)26(20-36)21-37)19-29(32)41(31)22-24-14-16-25(17-15-24)28-12-9-10-13-30(28)43-34(42)44-35(3,4)5/h9-10,12-19,38H,8,11,22H2,1-7H3. The van der Waals surface area contributed by atoms with Crippen LogP contribution in [0, 0.1) is 29.6 Å². The largest absolute Gasteiger partial charge is 0.514 e. The highest BCUT2D eigenvalue weighted by molar-refractivity contribution is 5.84. The summed E-state index contributed by atoms with van der Waals surface area (Å²) in [6, 6.07) is 23.5. The summed E-state index contributed by atoms with van der Waals surface area (Å²) < 4.78 is 13.1. The first-order valence-corrected chi connectivity index (χ1v) is 14.5. The SMILES string of the molecule is CCCc1nc2c(C)cc(NC(=C(C#N)C#N)N(C)C)cc2n1Cc1ccc(-c2ccccc2OC(=O)OC(C)(C)C)cc1. The fourth-order valence-electron chi connectivity index (χ4n) is 4.90. The Morgan fingerprint density at radius 2 is 1.73 bits per heavy atom. The second kappa shape index (κ2) is 13.4. The van der Waals surface area contributed by atoms with Crippen LogP contribution in [0.3, 0.4) is 0 Å². The van der Waals surface area contributed by atoms with E-state index in [2.05, 4.69) is 28.9 Å². The number of aryl methyl sites for hydroxylation is 2. The van der Waals surface area contributed by atoms with E-state index < -0.39 is 11.8 Å². The predicted octanol–water partition coefficient (Wildman–Crippen LogP) is 7.56. The molecular formula is C35H38N6O3. The zero-order chi connectivity index (χ0) is 32.0. The summed E-state index contributed by atoms with van der Waals surface area (Å²) in [4.78, 5) is 19.1. The number of rotatable bonds is 9. The molecule has 0 fully saturated rings. The molecule has 1 aromatic heterocycles. The van der Waals surface area contributed by atoms with Crippen molar-refractivity contribution in [3.63, 3.8) is 0 Å². The lowest BCUT2D eigenvalue weighted by Gasteiger charge is -2.20. The van der Waals surface area contributed by atoms with Crippen LogP contribution in [0.2, 0.25) is 0 Å². The Balaban J connectivity index is 1.68. The topological polar surface area (TPSA) is 116 Å². The number of carbonyl (C=O) groups is 1. The van der Waals surface area contributed by atoms with E-state index in [1.165, 1.54) is 0 Å². The normalized spacial score (nSPS) is 10.9. The minimum atomic E-state index is -0.745. The van der Waals surface area contributed by atoms with Crippen LogP contribution in [0.15, 0.2) is 72.1 Å². The van der Waals surface area contributed by atoms with Crippen LogP contribution in [0.4, 0.5) is 10.5 Å². The van der Waals surface area contributed by atoms with Crippen molar-refractivity contribution in [1.82, 2.24) is 14.5 Å². The number of carbonyl (C=O) groups excluding carboxylic acids is 1. The lowest BCUT2D eigenvalue weighted by atomic mass is 10.0. The van der Waals surface area contributed by atoms with Crippen LogP contribution in [-0.2, 0) is 17.7 Å². The average molecular weight is 591 g/mol. The number of imidazole rings is 1. The number of aromatic nitrogens is 2. The molecule has 3 aromatic carbocycles. The quantitative estimate of drug-likeness (QED) is 0.121. The lowest BCUT2D eigenvalue weighted by molar-refractivity contribution is 0.0207. The second-order valence-electron chi connectivity index (χ2n) is 11.8. The lowest BCUT2D eigenvalue weighted by Crippen LogP contribution is -2.26. The highest BCUT2D eigenvalue weighted by atomic mass is 16.7. The Morgan fingerprint density at radius 1 is 1.05 bits per heavy atom. The van der Waals surface area contributed by atoms with Crippen LogP contribution in [0.5, 0.6) is 5.75 Å². The minimum absolute atomic E-state index is 0.00564. The molecule has 0 spiro atoms. The number of hydrogen-bond donors (Lipinski definition) is 1. The molecule has 0 aliphatic heterocycles. The molecular weight excluding hydrogens is 552 g/mol. The molecule has 44 heavy (non-hydrogen) atoms. The van der Waals surface area contributed by atoms with Crippen molar-refractivity contribution >= 4 is 22.9 Å². The number of para-hydroxylation sites is 1. The fraction of sp³-hybridized carbons (Fsp3) is 0.314. The van der Waals surface area contributed by atoms with E-state index in [0.717, 1.165) is 57.6 Å². The zero-order valence-corrected chi connectivity index (χ0v) is 26.4. The van der Waals surface area contributed by atoms with Crippen molar-refractivity contribution < 1.29 is 14.3 Å². The summed E-state index contributed by atoms with van der Waals surface area (Å²) >= 11 is 0. The van der Waals surface area contributed by atoms with Crippen molar-refractivity contribution in [1.29, 1.82) is 10.5 Å². The number of nitrogens with zero attached hydrogens (tertiary/aromatic N) is 5. The van der Waals surface area contributed by atoms with Crippen molar-refractivity contribution in [3.8, 4) is 29.0 Å². The molecule has 0 aliphatic carbocycles. The van der Waals surface area contributed by atoms with Crippen LogP contribution < -0.4 is 10.1 Å². The van der Waals surface area contributed by atoms with E-state index in [9.17, 15) is 15.3 Å². The van der Waals surface area contributed by atoms with Gasteiger partial charge in [-0.3, -0.25) is 0 Å².